The second-order valence-electron chi connectivity index (χ2n) is 20.7. The lowest BCUT2D eigenvalue weighted by Crippen LogP contribution is -2.22. The molecule has 101 heavy (non-hydrogen) atoms. The Morgan fingerprint density at radius 1 is 0.475 bits per heavy atom. The molecular weight excluding hydrogens is 1460 g/mol. The maximum Gasteiger partial charge on any atom is 0.347 e. The van der Waals surface area contributed by atoms with Crippen molar-refractivity contribution >= 4 is 109 Å². The van der Waals surface area contributed by atoms with E-state index in [1.165, 1.54) is 97.1 Å². The predicted molar refractivity (Wildman–Crippen MR) is 370 cm³/mol. The second-order valence-corrected chi connectivity index (χ2v) is 31.9. The Hall–Kier alpha value is -9.79. The zero-order valence-electron chi connectivity index (χ0n) is 53.5. The maximum absolute atomic E-state index is 12.5. The maximum atomic E-state index is 12.5. The number of aliphatic carboxylic acids is 5. The minimum Gasteiger partial charge on any atom is -0.480 e. The van der Waals surface area contributed by atoms with Gasteiger partial charge in [-0.15, -0.1) is 0 Å². The van der Waals surface area contributed by atoms with Crippen LogP contribution in [0, 0.1) is 19.0 Å². The Labute approximate surface area is 592 Å². The number of halogens is 1. The van der Waals surface area contributed by atoms with Crippen molar-refractivity contribution in [3.05, 3.63) is 251 Å². The van der Waals surface area contributed by atoms with Crippen LogP contribution in [0.1, 0.15) is 64.8 Å². The van der Waals surface area contributed by atoms with Crippen LogP contribution in [0.4, 0.5) is 0 Å². The van der Waals surface area contributed by atoms with Crippen molar-refractivity contribution in [3.8, 4) is 12.0 Å². The Morgan fingerprint density at radius 2 is 0.891 bits per heavy atom. The molecule has 0 saturated carbocycles. The van der Waals surface area contributed by atoms with Crippen LogP contribution in [0.25, 0.3) is 0 Å². The number of hydrogen-bond acceptors (Lipinski definition) is 22. The lowest BCUT2D eigenvalue weighted by Gasteiger charge is -2.14. The van der Waals surface area contributed by atoms with E-state index in [0.717, 1.165) is 34.2 Å². The number of hydrogen-bond donors (Lipinski definition) is 7. The molecule has 0 heterocycles. The van der Waals surface area contributed by atoms with Crippen molar-refractivity contribution in [2.75, 3.05) is 29.6 Å². The molecule has 0 radical (unpaired) electrons. The van der Waals surface area contributed by atoms with E-state index in [-0.39, 0.29) is 34.9 Å². The number of carbonyl (C=O) groups excluding carboxylic acids is 1. The summed E-state index contributed by atoms with van der Waals surface area (Å²) in [5, 5.41) is 58.0. The molecule has 0 bridgehead atoms. The number of sulfone groups is 5. The molecule has 26 nitrogen and oxygen atoms in total. The summed E-state index contributed by atoms with van der Waals surface area (Å²) in [5.41, 5.74) is 5.00. The number of carbonyl (C=O) groups is 6. The SMILES string of the molecule is CCC(C)c1ccc(S(=O)(=O)CC(=O)O)cc1.Cc1cccc(S(=O)(=O)C(C(=O)O)c2ccccc2)c1.O=C(O)CS(=O)(=O)c1ccc(Cc2ccccc2)cc1.O=C(O)CS(=O)(=O)c1ccc(Cl)cc1.O=C(O)CS(=O)(=O)c1cccc(SOC(=O)COO)c1.OOC#Cc1ccccc1. The van der Waals surface area contributed by atoms with Crippen molar-refractivity contribution in [2.24, 2.45) is 0 Å². The fourth-order valence-electron chi connectivity index (χ4n) is 8.02. The number of carboxylic acids is 5. The molecule has 0 amide bonds. The summed E-state index contributed by atoms with van der Waals surface area (Å²) in [6.45, 7) is 5.21. The molecule has 0 saturated heterocycles. The third-order valence-electron chi connectivity index (χ3n) is 12.9. The van der Waals surface area contributed by atoms with E-state index < -0.39 is 120 Å². The van der Waals surface area contributed by atoms with Crippen LogP contribution in [-0.2, 0) is 98.3 Å². The van der Waals surface area contributed by atoms with E-state index in [4.69, 9.17) is 42.5 Å². The molecule has 8 aromatic rings. The van der Waals surface area contributed by atoms with Gasteiger partial charge in [0.2, 0.25) is 0 Å². The van der Waals surface area contributed by atoms with Gasteiger partial charge in [0, 0.05) is 15.5 Å². The van der Waals surface area contributed by atoms with Crippen LogP contribution in [-0.4, -0.2) is 144 Å². The van der Waals surface area contributed by atoms with E-state index in [9.17, 15) is 76.0 Å². The summed E-state index contributed by atoms with van der Waals surface area (Å²) in [5.74, 6) is -8.51. The minimum atomic E-state index is -3.98. The average Bonchev–Trinajstić information content (AvgIpc) is 0.792. The number of aryl methyl sites for hydroxylation is 1. The van der Waals surface area contributed by atoms with Crippen LogP contribution in [0.15, 0.2) is 242 Å². The molecule has 8 rings (SSSR count). The predicted octanol–water partition coefficient (Wildman–Crippen LogP) is 10.1. The summed E-state index contributed by atoms with van der Waals surface area (Å²) in [4.78, 5) is 71.3. The highest BCUT2D eigenvalue weighted by Gasteiger charge is 2.35. The monoisotopic (exact) mass is 1530 g/mol. The summed E-state index contributed by atoms with van der Waals surface area (Å²) in [7, 11) is -19.1. The Bertz CT molecular complexity index is 4710. The van der Waals surface area contributed by atoms with E-state index in [2.05, 4.69) is 39.8 Å². The van der Waals surface area contributed by atoms with Gasteiger partial charge in [-0.25, -0.2) is 51.8 Å². The standard InChI is InChI=1S/2C15H14O4S.C12H16O4S.C10H10O8S2.C8H7ClO4S.C8H6O2/c1-11-6-5-9-13(10-11)20(18,19)14(15(16)17)12-7-3-2-4-8-12;16-15(17)11-20(18,19)14-8-6-13(7-9-14)10-12-4-2-1-3-5-12;1-3-9(2)10-4-6-11(7-5-10)17(15,16)8-12(13)14;11-9(12)6-20(15,16)8-3-1-2-7(4-8)19-18-10(13)5-17-14;9-6-1-3-7(4-2-6)14(12,13)5-8(10)11;9-10-7-6-8-4-2-1-3-5-8/h2-10,14H,1H3,(H,16,17);1-9H,10-11H2,(H,16,17);4-7,9H,3,8H2,1-2H3,(H,13,14);1-4,14H,5-6H2,(H,11,12);1-4H,5H2,(H,10,11);1-5,9H. The quantitative estimate of drug-likeness (QED) is 0.0128. The lowest BCUT2D eigenvalue weighted by atomic mass is 9.99. The van der Waals surface area contributed by atoms with Gasteiger partial charge in [-0.05, 0) is 150 Å². The third-order valence-corrected chi connectivity index (χ3v) is 22.4. The van der Waals surface area contributed by atoms with Crippen LogP contribution in [0.5, 0.6) is 0 Å². The molecule has 0 aromatic heterocycles. The van der Waals surface area contributed by atoms with Gasteiger partial charge < -0.3 is 29.7 Å². The van der Waals surface area contributed by atoms with Crippen LogP contribution >= 0.6 is 23.6 Å². The summed E-state index contributed by atoms with van der Waals surface area (Å²) in [6.07, 6.45) is 3.75. The zero-order valence-corrected chi connectivity index (χ0v) is 59.2. The normalized spacial score (nSPS) is 11.5. The van der Waals surface area contributed by atoms with Gasteiger partial charge in [0.25, 0.3) is 0 Å². The van der Waals surface area contributed by atoms with Crippen molar-refractivity contribution in [1.29, 1.82) is 0 Å². The molecule has 538 valence electrons. The fourth-order valence-corrected chi connectivity index (χ4v) is 14.6. The topological polar surface area (TPSA) is 442 Å². The largest absolute Gasteiger partial charge is 0.480 e. The number of rotatable bonds is 24. The van der Waals surface area contributed by atoms with Crippen LogP contribution in [0.3, 0.4) is 0 Å². The first-order valence-electron chi connectivity index (χ1n) is 28.9. The van der Waals surface area contributed by atoms with E-state index in [1.54, 1.807) is 61.5 Å². The van der Waals surface area contributed by atoms with Crippen molar-refractivity contribution in [1.82, 2.24) is 0 Å². The van der Waals surface area contributed by atoms with Crippen molar-refractivity contribution in [3.63, 3.8) is 0 Å². The smallest absolute Gasteiger partial charge is 0.347 e. The van der Waals surface area contributed by atoms with E-state index in [1.807, 2.05) is 60.7 Å². The van der Waals surface area contributed by atoms with Gasteiger partial charge in [-0.1, -0.05) is 147 Å². The zero-order chi connectivity index (χ0) is 75.6. The van der Waals surface area contributed by atoms with Gasteiger partial charge in [-0.2, -0.15) is 5.26 Å². The first-order chi connectivity index (χ1) is 47.5. The first-order valence-corrected chi connectivity index (χ1v) is 38.2. The molecule has 0 fully saturated rings. The highest BCUT2D eigenvalue weighted by atomic mass is 35.5. The molecule has 2 unspecified atom stereocenters. The Balaban J connectivity index is 0.000000319. The molecule has 7 N–H and O–H groups in total. The molecule has 33 heteroatoms. The van der Waals surface area contributed by atoms with Gasteiger partial charge in [0.1, 0.15) is 0 Å². The van der Waals surface area contributed by atoms with Gasteiger partial charge in [0.05, 0.1) is 36.5 Å². The van der Waals surface area contributed by atoms with E-state index in [0.29, 0.717) is 29.4 Å². The van der Waals surface area contributed by atoms with Gasteiger partial charge in [0.15, 0.2) is 90.2 Å². The Morgan fingerprint density at radius 3 is 1.33 bits per heavy atom. The average molecular weight is 1530 g/mol. The summed E-state index contributed by atoms with van der Waals surface area (Å²) in [6, 6.07) is 56.7. The minimum absolute atomic E-state index is 0.0220. The molecule has 0 spiro atoms. The Kier molecular flexibility index (Phi) is 35.3. The second kappa shape index (κ2) is 41.7. The lowest BCUT2D eigenvalue weighted by molar-refractivity contribution is -0.242. The van der Waals surface area contributed by atoms with Gasteiger partial charge >= 0.3 is 35.8 Å². The highest BCUT2D eigenvalue weighted by molar-refractivity contribution is 7.95. The van der Waals surface area contributed by atoms with Crippen molar-refractivity contribution in [2.45, 2.75) is 74.2 Å². The molecule has 8 aromatic carbocycles. The third kappa shape index (κ3) is 31.1. The molecule has 0 aliphatic rings. The molecule has 2 atom stereocenters. The number of benzene rings is 8. The number of carboxylic acid groups (broad SMARTS) is 5. The first kappa shape index (κ1) is 85.4. The van der Waals surface area contributed by atoms with Crippen LogP contribution < -0.4 is 0 Å². The summed E-state index contributed by atoms with van der Waals surface area (Å²) < 4.78 is 122. The van der Waals surface area contributed by atoms with Gasteiger partial charge in [-0.3, -0.25) is 34.1 Å². The molecular formula is C68H67ClO26S6. The highest BCUT2D eigenvalue weighted by Crippen LogP contribution is 2.30. The van der Waals surface area contributed by atoms with Crippen LogP contribution in [0.2, 0.25) is 5.02 Å². The molecule has 0 aliphatic carbocycles. The molecule has 0 aliphatic heterocycles. The summed E-state index contributed by atoms with van der Waals surface area (Å²) >= 11 is 6.12. The van der Waals surface area contributed by atoms with E-state index >= 15 is 0 Å². The fraction of sp³-hybridized carbons (Fsp3) is 0.176. The van der Waals surface area contributed by atoms with Crippen molar-refractivity contribution < 1.29 is 121 Å².